The molecule has 2 rings (SSSR count). The third kappa shape index (κ3) is 6.42. The Balaban J connectivity index is 1.90. The number of methoxy groups -OCH3 is 1. The molecule has 27 heavy (non-hydrogen) atoms. The Morgan fingerprint density at radius 2 is 1.74 bits per heavy atom. The first kappa shape index (κ1) is 20.5. The van der Waals surface area contributed by atoms with Crippen molar-refractivity contribution in [3.8, 4) is 5.75 Å². The first-order chi connectivity index (χ1) is 12.9. The highest BCUT2D eigenvalue weighted by Crippen LogP contribution is 2.17. The highest BCUT2D eigenvalue weighted by molar-refractivity contribution is 5.97. The van der Waals surface area contributed by atoms with Crippen LogP contribution in [0.5, 0.6) is 5.75 Å². The van der Waals surface area contributed by atoms with Gasteiger partial charge in [0.25, 0.3) is 5.91 Å². The topological polar surface area (TPSA) is 73.9 Å². The second-order valence-corrected chi connectivity index (χ2v) is 6.33. The fourth-order valence-electron chi connectivity index (χ4n) is 2.23. The van der Waals surface area contributed by atoms with E-state index < -0.39 is 18.0 Å². The molecule has 0 saturated carbocycles. The summed E-state index contributed by atoms with van der Waals surface area (Å²) >= 11 is 0. The quantitative estimate of drug-likeness (QED) is 0.715. The van der Waals surface area contributed by atoms with E-state index in [2.05, 4.69) is 5.32 Å². The molecule has 0 aromatic heterocycles. The first-order valence-electron chi connectivity index (χ1n) is 8.75. The largest absolute Gasteiger partial charge is 0.497 e. The van der Waals surface area contributed by atoms with Crippen molar-refractivity contribution >= 4 is 17.6 Å². The zero-order valence-electron chi connectivity index (χ0n) is 16.0. The Morgan fingerprint density at radius 1 is 1.04 bits per heavy atom. The van der Waals surface area contributed by atoms with E-state index in [9.17, 15) is 9.59 Å². The Hall–Kier alpha value is -2.86. The van der Waals surface area contributed by atoms with Crippen molar-refractivity contribution in [2.75, 3.05) is 12.4 Å². The minimum atomic E-state index is -0.937. The average Bonchev–Trinajstić information content (AvgIpc) is 2.66. The normalized spacial score (nSPS) is 11.7. The number of ether oxygens (including phenoxy) is 3. The van der Waals surface area contributed by atoms with Gasteiger partial charge in [0.2, 0.25) is 0 Å². The molecule has 0 spiro atoms. The van der Waals surface area contributed by atoms with E-state index in [0.717, 1.165) is 5.56 Å². The number of carbonyl (C=O) groups excluding carboxylic acids is 2. The standard InChI is InChI=1S/C21H25NO5/c1-14(2)26-13-16-8-10-17(11-9-16)21(24)27-15(3)20(23)22-18-6-5-7-19(12-18)25-4/h5-12,14-15H,13H2,1-4H3,(H,22,23)/t15-/m0/s1. The number of anilines is 1. The van der Waals surface area contributed by atoms with Gasteiger partial charge in [0.05, 0.1) is 25.4 Å². The fraction of sp³-hybridized carbons (Fsp3) is 0.333. The molecule has 0 saturated heterocycles. The number of rotatable bonds is 8. The van der Waals surface area contributed by atoms with E-state index in [4.69, 9.17) is 14.2 Å². The van der Waals surface area contributed by atoms with Gasteiger partial charge in [0, 0.05) is 11.8 Å². The Labute approximate surface area is 159 Å². The van der Waals surface area contributed by atoms with E-state index in [1.54, 1.807) is 55.6 Å². The molecule has 144 valence electrons. The van der Waals surface area contributed by atoms with Crippen LogP contribution >= 0.6 is 0 Å². The number of carbonyl (C=O) groups is 2. The predicted octanol–water partition coefficient (Wildman–Crippen LogP) is 3.80. The van der Waals surface area contributed by atoms with Crippen molar-refractivity contribution < 1.29 is 23.8 Å². The first-order valence-corrected chi connectivity index (χ1v) is 8.75. The highest BCUT2D eigenvalue weighted by Gasteiger charge is 2.19. The molecule has 0 unspecified atom stereocenters. The van der Waals surface area contributed by atoms with Crippen LogP contribution < -0.4 is 10.1 Å². The Morgan fingerprint density at radius 3 is 2.37 bits per heavy atom. The van der Waals surface area contributed by atoms with Crippen LogP contribution in [0.3, 0.4) is 0 Å². The van der Waals surface area contributed by atoms with Gasteiger partial charge in [0.15, 0.2) is 6.10 Å². The number of hydrogen-bond donors (Lipinski definition) is 1. The van der Waals surface area contributed by atoms with Gasteiger partial charge in [-0.2, -0.15) is 0 Å². The van der Waals surface area contributed by atoms with Gasteiger partial charge in [-0.25, -0.2) is 4.79 Å². The van der Waals surface area contributed by atoms with E-state index in [1.807, 2.05) is 13.8 Å². The molecule has 0 bridgehead atoms. The lowest BCUT2D eigenvalue weighted by atomic mass is 10.1. The summed E-state index contributed by atoms with van der Waals surface area (Å²) in [5.41, 5.74) is 1.91. The number of amides is 1. The summed E-state index contributed by atoms with van der Waals surface area (Å²) in [4.78, 5) is 24.5. The molecule has 0 aliphatic rings. The monoisotopic (exact) mass is 371 g/mol. The molecule has 0 radical (unpaired) electrons. The van der Waals surface area contributed by atoms with Crippen LogP contribution in [-0.2, 0) is 20.9 Å². The second kappa shape index (κ2) is 9.73. The van der Waals surface area contributed by atoms with Gasteiger partial charge in [-0.3, -0.25) is 4.79 Å². The van der Waals surface area contributed by atoms with Crippen molar-refractivity contribution in [2.45, 2.75) is 39.6 Å². The molecule has 2 aromatic carbocycles. The zero-order chi connectivity index (χ0) is 19.8. The molecule has 1 atom stereocenters. The molecular weight excluding hydrogens is 346 g/mol. The van der Waals surface area contributed by atoms with Crippen molar-refractivity contribution in [3.63, 3.8) is 0 Å². The van der Waals surface area contributed by atoms with Gasteiger partial charge in [-0.1, -0.05) is 18.2 Å². The molecule has 1 amide bonds. The van der Waals surface area contributed by atoms with Gasteiger partial charge < -0.3 is 19.5 Å². The second-order valence-electron chi connectivity index (χ2n) is 6.33. The summed E-state index contributed by atoms with van der Waals surface area (Å²) in [6, 6.07) is 13.9. The number of nitrogens with one attached hydrogen (secondary N) is 1. The summed E-state index contributed by atoms with van der Waals surface area (Å²) in [5, 5.41) is 2.70. The maximum atomic E-state index is 12.2. The SMILES string of the molecule is COc1cccc(NC(=O)[C@H](C)OC(=O)c2ccc(COC(C)C)cc2)c1. The molecule has 1 N–H and O–H groups in total. The Kier molecular flexibility index (Phi) is 7.37. The minimum Gasteiger partial charge on any atom is -0.497 e. The lowest BCUT2D eigenvalue weighted by Crippen LogP contribution is -2.30. The molecule has 0 aliphatic carbocycles. The molecule has 0 aliphatic heterocycles. The van der Waals surface area contributed by atoms with Crippen LogP contribution in [0, 0.1) is 0 Å². The smallest absolute Gasteiger partial charge is 0.338 e. The van der Waals surface area contributed by atoms with E-state index in [1.165, 1.54) is 6.92 Å². The maximum Gasteiger partial charge on any atom is 0.338 e. The summed E-state index contributed by atoms with van der Waals surface area (Å²) in [5.74, 6) is -0.350. The zero-order valence-corrected chi connectivity index (χ0v) is 16.0. The molecule has 6 heteroatoms. The van der Waals surface area contributed by atoms with Gasteiger partial charge in [0.1, 0.15) is 5.75 Å². The summed E-state index contributed by atoms with van der Waals surface area (Å²) in [7, 11) is 1.55. The van der Waals surface area contributed by atoms with Crippen molar-refractivity contribution in [2.24, 2.45) is 0 Å². The van der Waals surface area contributed by atoms with Gasteiger partial charge in [-0.15, -0.1) is 0 Å². The maximum absolute atomic E-state index is 12.2. The molecular formula is C21H25NO5. The molecule has 0 fully saturated rings. The third-order valence-corrected chi connectivity index (χ3v) is 3.76. The molecule has 0 heterocycles. The van der Waals surface area contributed by atoms with E-state index in [0.29, 0.717) is 23.6 Å². The predicted molar refractivity (Wildman–Crippen MR) is 103 cm³/mol. The lowest BCUT2D eigenvalue weighted by Gasteiger charge is -2.14. The van der Waals surface area contributed by atoms with Gasteiger partial charge >= 0.3 is 5.97 Å². The summed E-state index contributed by atoms with van der Waals surface area (Å²) in [6.45, 7) is 5.93. The van der Waals surface area contributed by atoms with Crippen molar-refractivity contribution in [1.29, 1.82) is 0 Å². The van der Waals surface area contributed by atoms with Crippen LogP contribution in [0.1, 0.15) is 36.7 Å². The molecule has 6 nitrogen and oxygen atoms in total. The van der Waals surface area contributed by atoms with Crippen LogP contribution in [0.15, 0.2) is 48.5 Å². The summed E-state index contributed by atoms with van der Waals surface area (Å²) in [6.07, 6.45) is -0.800. The van der Waals surface area contributed by atoms with Crippen molar-refractivity contribution in [3.05, 3.63) is 59.7 Å². The third-order valence-electron chi connectivity index (χ3n) is 3.76. The number of esters is 1. The van der Waals surface area contributed by atoms with Gasteiger partial charge in [-0.05, 0) is 50.6 Å². The molecule has 2 aromatic rings. The van der Waals surface area contributed by atoms with E-state index >= 15 is 0 Å². The lowest BCUT2D eigenvalue weighted by molar-refractivity contribution is -0.123. The highest BCUT2D eigenvalue weighted by atomic mass is 16.5. The summed E-state index contributed by atoms with van der Waals surface area (Å²) < 4.78 is 15.9. The fourth-order valence-corrected chi connectivity index (χ4v) is 2.23. The van der Waals surface area contributed by atoms with Crippen LogP contribution in [0.25, 0.3) is 0 Å². The van der Waals surface area contributed by atoms with Crippen molar-refractivity contribution in [1.82, 2.24) is 0 Å². The number of hydrogen-bond acceptors (Lipinski definition) is 5. The average molecular weight is 371 g/mol. The number of benzene rings is 2. The van der Waals surface area contributed by atoms with E-state index in [-0.39, 0.29) is 6.10 Å². The Bertz CT molecular complexity index is 770. The minimum absolute atomic E-state index is 0.138. The van der Waals surface area contributed by atoms with Crippen LogP contribution in [0.4, 0.5) is 5.69 Å². The van der Waals surface area contributed by atoms with Crippen LogP contribution in [0.2, 0.25) is 0 Å². The van der Waals surface area contributed by atoms with Crippen LogP contribution in [-0.4, -0.2) is 31.2 Å².